The maximum absolute atomic E-state index is 12.0. The van der Waals surface area contributed by atoms with Gasteiger partial charge in [-0.25, -0.2) is 0 Å². The fourth-order valence-corrected chi connectivity index (χ4v) is 7.03. The van der Waals surface area contributed by atoms with Gasteiger partial charge in [0.25, 0.3) is 0 Å². The lowest BCUT2D eigenvalue weighted by atomic mass is 9.53. The third-order valence-electron chi connectivity index (χ3n) is 8.26. The van der Waals surface area contributed by atoms with Crippen molar-refractivity contribution in [2.24, 2.45) is 17.3 Å². The van der Waals surface area contributed by atoms with Gasteiger partial charge in [-0.3, -0.25) is 9.59 Å². The number of fused-ring (bicyclic) bond motifs is 5. The van der Waals surface area contributed by atoms with E-state index in [4.69, 9.17) is 4.74 Å². The van der Waals surface area contributed by atoms with Crippen molar-refractivity contribution in [3.8, 4) is 0 Å². The summed E-state index contributed by atoms with van der Waals surface area (Å²) in [6.45, 7) is 4.54. The molecule has 0 aromatic heterocycles. The lowest BCUT2D eigenvalue weighted by Gasteiger charge is -2.52. The second-order valence-corrected chi connectivity index (χ2v) is 9.19. The molecule has 3 fully saturated rings. The van der Waals surface area contributed by atoms with Gasteiger partial charge in [0.15, 0.2) is 5.78 Å². The summed E-state index contributed by atoms with van der Waals surface area (Å²) < 4.78 is 6.04. The Morgan fingerprint density at radius 3 is 2.69 bits per heavy atom. The second-order valence-electron chi connectivity index (χ2n) is 9.19. The van der Waals surface area contributed by atoms with Gasteiger partial charge in [-0.05, 0) is 92.1 Å². The zero-order chi connectivity index (χ0) is 18.1. The molecule has 2 saturated carbocycles. The van der Waals surface area contributed by atoms with Gasteiger partial charge in [-0.15, -0.1) is 0 Å². The van der Waals surface area contributed by atoms with Gasteiger partial charge >= 0.3 is 5.97 Å². The first kappa shape index (κ1) is 16.5. The van der Waals surface area contributed by atoms with E-state index in [0.717, 1.165) is 38.5 Å². The van der Waals surface area contributed by atoms with Gasteiger partial charge in [-0.2, -0.15) is 0 Å². The van der Waals surface area contributed by atoms with E-state index in [1.54, 1.807) is 5.57 Å². The van der Waals surface area contributed by atoms with Crippen LogP contribution in [0.1, 0.15) is 71.6 Å². The van der Waals surface area contributed by atoms with Crippen molar-refractivity contribution in [2.45, 2.75) is 77.2 Å². The maximum atomic E-state index is 12.0. The average Bonchev–Trinajstić information content (AvgIpc) is 3.14. The van der Waals surface area contributed by atoms with Crippen molar-refractivity contribution in [1.82, 2.24) is 0 Å². The molecule has 26 heavy (non-hydrogen) atoms. The SMILES string of the molecule is C/C=C1\C[C@@]2(C)C(CC[C@@]23CCC(=O)O3)C2CCC3=CC(=O)CCC3=C12. The summed E-state index contributed by atoms with van der Waals surface area (Å²) in [5.74, 6) is 1.46. The van der Waals surface area contributed by atoms with Crippen molar-refractivity contribution in [1.29, 1.82) is 0 Å². The molecule has 4 aliphatic carbocycles. The van der Waals surface area contributed by atoms with Gasteiger partial charge in [0.1, 0.15) is 5.60 Å². The van der Waals surface area contributed by atoms with Crippen LogP contribution in [0.5, 0.6) is 0 Å². The molecular weight excluding hydrogens is 324 g/mol. The van der Waals surface area contributed by atoms with Crippen LogP contribution in [0.25, 0.3) is 0 Å². The van der Waals surface area contributed by atoms with Crippen LogP contribution in [-0.2, 0) is 14.3 Å². The molecule has 1 spiro atoms. The average molecular weight is 352 g/mol. The Morgan fingerprint density at radius 1 is 1.12 bits per heavy atom. The maximum Gasteiger partial charge on any atom is 0.306 e. The monoisotopic (exact) mass is 352 g/mol. The molecule has 1 saturated heterocycles. The molecule has 3 nitrogen and oxygen atoms in total. The normalized spacial score (nSPS) is 43.3. The summed E-state index contributed by atoms with van der Waals surface area (Å²) >= 11 is 0. The summed E-state index contributed by atoms with van der Waals surface area (Å²) in [6.07, 6.45) is 12.6. The van der Waals surface area contributed by atoms with E-state index < -0.39 is 0 Å². The molecule has 0 aromatic carbocycles. The highest BCUT2D eigenvalue weighted by atomic mass is 16.6. The van der Waals surface area contributed by atoms with Crippen molar-refractivity contribution >= 4 is 11.8 Å². The Hall–Kier alpha value is -1.64. The largest absolute Gasteiger partial charge is 0.458 e. The molecule has 5 rings (SSSR count). The minimum atomic E-state index is -0.238. The minimum absolute atomic E-state index is 0.00212. The van der Waals surface area contributed by atoms with Gasteiger partial charge in [0, 0.05) is 18.3 Å². The van der Waals surface area contributed by atoms with Crippen LogP contribution in [0.4, 0.5) is 0 Å². The lowest BCUT2D eigenvalue weighted by Crippen LogP contribution is -2.50. The molecule has 0 N–H and O–H groups in total. The Bertz CT molecular complexity index is 798. The molecule has 2 unspecified atom stereocenters. The van der Waals surface area contributed by atoms with Crippen LogP contribution in [-0.4, -0.2) is 17.4 Å². The molecule has 5 aliphatic rings. The van der Waals surface area contributed by atoms with Gasteiger partial charge in [0.2, 0.25) is 0 Å². The fourth-order valence-electron chi connectivity index (χ4n) is 7.03. The molecule has 3 heteroatoms. The quantitative estimate of drug-likeness (QED) is 0.587. The summed E-state index contributed by atoms with van der Waals surface area (Å²) in [4.78, 5) is 23.9. The van der Waals surface area contributed by atoms with Crippen molar-refractivity contribution in [3.05, 3.63) is 34.4 Å². The Balaban J connectivity index is 1.62. The molecule has 0 radical (unpaired) electrons. The first-order valence-corrected chi connectivity index (χ1v) is 10.3. The number of rotatable bonds is 0. The highest BCUT2D eigenvalue weighted by Gasteiger charge is 2.65. The molecular formula is C23H28O3. The lowest BCUT2D eigenvalue weighted by molar-refractivity contribution is -0.160. The minimum Gasteiger partial charge on any atom is -0.458 e. The van der Waals surface area contributed by atoms with E-state index >= 15 is 0 Å². The number of carbonyl (C=O) groups excluding carboxylic acids is 2. The molecule has 138 valence electrons. The third-order valence-corrected chi connectivity index (χ3v) is 8.26. The Labute approximate surface area is 155 Å². The van der Waals surface area contributed by atoms with Crippen LogP contribution >= 0.6 is 0 Å². The number of hydrogen-bond donors (Lipinski definition) is 0. The van der Waals surface area contributed by atoms with E-state index in [-0.39, 0.29) is 17.0 Å². The fraction of sp³-hybridized carbons (Fsp3) is 0.652. The Kier molecular flexibility index (Phi) is 3.45. The van der Waals surface area contributed by atoms with Crippen LogP contribution in [0.3, 0.4) is 0 Å². The number of esters is 1. The number of ketones is 1. The highest BCUT2D eigenvalue weighted by Crippen LogP contribution is 2.67. The first-order chi connectivity index (χ1) is 12.5. The van der Waals surface area contributed by atoms with E-state index in [1.807, 2.05) is 6.08 Å². The zero-order valence-corrected chi connectivity index (χ0v) is 15.9. The van der Waals surface area contributed by atoms with Gasteiger partial charge in [-0.1, -0.05) is 13.0 Å². The summed E-state index contributed by atoms with van der Waals surface area (Å²) in [7, 11) is 0. The van der Waals surface area contributed by atoms with Crippen molar-refractivity contribution < 1.29 is 14.3 Å². The number of ether oxygens (including phenoxy) is 1. The van der Waals surface area contributed by atoms with Gasteiger partial charge in [0.05, 0.1) is 0 Å². The molecule has 0 bridgehead atoms. The predicted molar refractivity (Wildman–Crippen MR) is 99.3 cm³/mol. The van der Waals surface area contributed by atoms with E-state index in [1.165, 1.54) is 23.1 Å². The number of carbonyl (C=O) groups is 2. The second kappa shape index (κ2) is 5.43. The standard InChI is InChI=1S/C23H28O3/c1-3-14-13-22(2)19(8-10-23(22)11-9-20(25)26-23)18-6-4-15-12-16(24)5-7-17(15)21(14)18/h3,12,18-19H,4-11,13H2,1-2H3/b14-3+/t18?,19?,22-,23+/m0/s1. The molecule has 0 aromatic rings. The third kappa shape index (κ3) is 2.00. The number of allylic oxidation sites excluding steroid dienone is 6. The van der Waals surface area contributed by atoms with Gasteiger partial charge < -0.3 is 4.74 Å². The van der Waals surface area contributed by atoms with E-state index in [0.29, 0.717) is 30.5 Å². The summed E-state index contributed by atoms with van der Waals surface area (Å²) in [6, 6.07) is 0. The molecule has 4 atom stereocenters. The van der Waals surface area contributed by atoms with Crippen molar-refractivity contribution in [3.63, 3.8) is 0 Å². The molecule has 1 aliphatic heterocycles. The van der Waals surface area contributed by atoms with Crippen LogP contribution in [0.15, 0.2) is 34.4 Å². The van der Waals surface area contributed by atoms with Crippen LogP contribution in [0.2, 0.25) is 0 Å². The van der Waals surface area contributed by atoms with Crippen LogP contribution in [0, 0.1) is 17.3 Å². The number of hydrogen-bond acceptors (Lipinski definition) is 3. The van der Waals surface area contributed by atoms with Crippen molar-refractivity contribution in [2.75, 3.05) is 0 Å². The topological polar surface area (TPSA) is 43.4 Å². The van der Waals surface area contributed by atoms with E-state index in [2.05, 4.69) is 19.9 Å². The molecule has 1 heterocycles. The highest BCUT2D eigenvalue weighted by molar-refractivity contribution is 5.93. The molecule has 0 amide bonds. The Morgan fingerprint density at radius 2 is 1.96 bits per heavy atom. The smallest absolute Gasteiger partial charge is 0.306 e. The summed E-state index contributed by atoms with van der Waals surface area (Å²) in [5, 5.41) is 0. The van der Waals surface area contributed by atoms with E-state index in [9.17, 15) is 9.59 Å². The predicted octanol–water partition coefficient (Wildman–Crippen LogP) is 4.82. The zero-order valence-electron chi connectivity index (χ0n) is 15.9. The van der Waals surface area contributed by atoms with Crippen LogP contribution < -0.4 is 0 Å². The summed E-state index contributed by atoms with van der Waals surface area (Å²) in [5.41, 5.74) is 5.60. The first-order valence-electron chi connectivity index (χ1n) is 10.3.